The van der Waals surface area contributed by atoms with Crippen molar-refractivity contribution in [1.29, 1.82) is 0 Å². The number of aryl methyl sites for hydroxylation is 1. The molecule has 8 nitrogen and oxygen atoms in total. The second kappa shape index (κ2) is 11.6. The van der Waals surface area contributed by atoms with Gasteiger partial charge in [-0.05, 0) is 68.8 Å². The van der Waals surface area contributed by atoms with Crippen LogP contribution in [0.5, 0.6) is 11.5 Å². The quantitative estimate of drug-likeness (QED) is 0.195. The van der Waals surface area contributed by atoms with E-state index in [9.17, 15) is 18.8 Å². The van der Waals surface area contributed by atoms with Crippen molar-refractivity contribution in [1.82, 2.24) is 0 Å². The van der Waals surface area contributed by atoms with Crippen molar-refractivity contribution in [3.8, 4) is 22.6 Å². The third-order valence-corrected chi connectivity index (χ3v) is 7.31. The number of rotatable bonds is 7. The molecule has 0 aliphatic carbocycles. The number of nitrogens with zero attached hydrogens (tertiary/aromatic N) is 1. The summed E-state index contributed by atoms with van der Waals surface area (Å²) in [5.74, 6) is -1.71. The van der Waals surface area contributed by atoms with Gasteiger partial charge >= 0.3 is 11.9 Å². The lowest BCUT2D eigenvalue weighted by molar-refractivity contribution is -0.121. The normalized spacial score (nSPS) is 13.5. The summed E-state index contributed by atoms with van der Waals surface area (Å²) in [6.07, 6.45) is 0. The second-order valence-corrected chi connectivity index (χ2v) is 10.8. The van der Waals surface area contributed by atoms with E-state index in [1.54, 1.807) is 56.1 Å². The van der Waals surface area contributed by atoms with Crippen LogP contribution in [0.1, 0.15) is 45.7 Å². The lowest BCUT2D eigenvalue weighted by Gasteiger charge is -2.39. The highest BCUT2D eigenvalue weighted by Gasteiger charge is 2.39. The Bertz CT molecular complexity index is 1730. The van der Waals surface area contributed by atoms with Crippen LogP contribution in [0.4, 0.5) is 15.8 Å². The molecule has 0 fully saturated rings. The SMILES string of the molecule is COc1cc(OC(=O)c2ccccc2F)ccc1-c1ccc2c(c1COC(=O)c1ccc(C)cc1)N(C)C(=O)C(C)(C)N2. The van der Waals surface area contributed by atoms with Crippen LogP contribution < -0.4 is 19.7 Å². The molecular formula is C34H31FN2O6. The van der Waals surface area contributed by atoms with Gasteiger partial charge in [0, 0.05) is 24.2 Å². The first-order valence-corrected chi connectivity index (χ1v) is 13.6. The zero-order valence-electron chi connectivity index (χ0n) is 24.5. The van der Waals surface area contributed by atoms with E-state index >= 15 is 0 Å². The van der Waals surface area contributed by atoms with Crippen LogP contribution >= 0.6 is 0 Å². The first-order valence-electron chi connectivity index (χ1n) is 13.6. The summed E-state index contributed by atoms with van der Waals surface area (Å²) < 4.78 is 31.0. The summed E-state index contributed by atoms with van der Waals surface area (Å²) >= 11 is 0. The van der Waals surface area contributed by atoms with E-state index in [-0.39, 0.29) is 23.8 Å². The van der Waals surface area contributed by atoms with Gasteiger partial charge in [0.25, 0.3) is 5.91 Å². The number of carbonyl (C=O) groups excluding carboxylic acids is 3. The molecule has 0 saturated heterocycles. The number of nitrogens with one attached hydrogen (secondary N) is 1. The average molecular weight is 583 g/mol. The van der Waals surface area contributed by atoms with Gasteiger partial charge in [-0.15, -0.1) is 0 Å². The molecule has 1 aliphatic heterocycles. The van der Waals surface area contributed by atoms with E-state index in [0.29, 0.717) is 39.4 Å². The molecule has 0 bridgehead atoms. The number of fused-ring (bicyclic) bond motifs is 1. The van der Waals surface area contributed by atoms with E-state index in [0.717, 1.165) is 5.56 Å². The number of ether oxygens (including phenoxy) is 3. The van der Waals surface area contributed by atoms with E-state index in [4.69, 9.17) is 14.2 Å². The fraction of sp³-hybridized carbons (Fsp3) is 0.206. The summed E-state index contributed by atoms with van der Waals surface area (Å²) in [5, 5.41) is 3.29. The summed E-state index contributed by atoms with van der Waals surface area (Å²) in [4.78, 5) is 40.4. The Morgan fingerprint density at radius 2 is 1.63 bits per heavy atom. The van der Waals surface area contributed by atoms with Gasteiger partial charge in [-0.1, -0.05) is 35.9 Å². The Morgan fingerprint density at radius 3 is 2.33 bits per heavy atom. The standard InChI is InChI=1S/C34H31FN2O6/c1-20-10-12-21(13-11-20)31(38)42-19-26-23(16-17-28-30(26)37(4)33(40)34(2,3)36-28)24-15-14-22(18-29(24)41-5)43-32(39)25-8-6-7-9-27(25)35/h6-18,36H,19H2,1-5H3. The van der Waals surface area contributed by atoms with Crippen molar-refractivity contribution in [2.24, 2.45) is 0 Å². The van der Waals surface area contributed by atoms with Gasteiger partial charge in [-0.3, -0.25) is 4.79 Å². The molecule has 5 rings (SSSR count). The second-order valence-electron chi connectivity index (χ2n) is 10.8. The molecule has 0 aromatic heterocycles. The molecule has 4 aromatic rings. The molecule has 0 atom stereocenters. The van der Waals surface area contributed by atoms with Crippen molar-refractivity contribution < 1.29 is 33.0 Å². The molecule has 0 saturated carbocycles. The summed E-state index contributed by atoms with van der Waals surface area (Å²) in [7, 11) is 3.15. The minimum Gasteiger partial charge on any atom is -0.496 e. The number of hydrogen-bond donors (Lipinski definition) is 1. The zero-order chi connectivity index (χ0) is 30.9. The lowest BCUT2D eigenvalue weighted by atomic mass is 9.91. The van der Waals surface area contributed by atoms with E-state index in [1.165, 1.54) is 31.4 Å². The molecule has 0 radical (unpaired) electrons. The van der Waals surface area contributed by atoms with Gasteiger partial charge in [-0.25, -0.2) is 14.0 Å². The monoisotopic (exact) mass is 582 g/mol. The van der Waals surface area contributed by atoms with Gasteiger partial charge in [0.2, 0.25) is 0 Å². The zero-order valence-corrected chi connectivity index (χ0v) is 24.5. The Balaban J connectivity index is 1.55. The van der Waals surface area contributed by atoms with E-state index in [2.05, 4.69) is 5.32 Å². The fourth-order valence-corrected chi connectivity index (χ4v) is 5.09. The van der Waals surface area contributed by atoms with Gasteiger partial charge < -0.3 is 24.4 Å². The molecule has 4 aromatic carbocycles. The molecule has 0 unspecified atom stereocenters. The molecule has 1 heterocycles. The van der Waals surface area contributed by atoms with Crippen molar-refractivity contribution in [2.75, 3.05) is 24.4 Å². The molecule has 43 heavy (non-hydrogen) atoms. The number of anilines is 2. The maximum Gasteiger partial charge on any atom is 0.346 e. The number of hydrogen-bond acceptors (Lipinski definition) is 7. The van der Waals surface area contributed by atoms with Crippen molar-refractivity contribution >= 4 is 29.2 Å². The van der Waals surface area contributed by atoms with Crippen molar-refractivity contribution in [3.05, 3.63) is 107 Å². The summed E-state index contributed by atoms with van der Waals surface area (Å²) in [6.45, 7) is 5.38. The third kappa shape index (κ3) is 5.79. The number of esters is 2. The van der Waals surface area contributed by atoms with Gasteiger partial charge in [0.05, 0.1) is 29.6 Å². The van der Waals surface area contributed by atoms with Crippen LogP contribution in [-0.4, -0.2) is 37.5 Å². The molecular weight excluding hydrogens is 551 g/mol. The Labute approximate surface area is 249 Å². The van der Waals surface area contributed by atoms with Gasteiger partial charge in [0.1, 0.15) is 29.5 Å². The smallest absolute Gasteiger partial charge is 0.346 e. The van der Waals surface area contributed by atoms with Crippen LogP contribution in [0.3, 0.4) is 0 Å². The van der Waals surface area contributed by atoms with Crippen molar-refractivity contribution in [3.63, 3.8) is 0 Å². The minimum absolute atomic E-state index is 0.141. The van der Waals surface area contributed by atoms with Crippen LogP contribution in [0.25, 0.3) is 11.1 Å². The summed E-state index contributed by atoms with van der Waals surface area (Å²) in [6, 6.07) is 21.1. The molecule has 220 valence electrons. The van der Waals surface area contributed by atoms with E-state index in [1.807, 2.05) is 31.2 Å². The highest BCUT2D eigenvalue weighted by Crippen LogP contribution is 2.45. The fourth-order valence-electron chi connectivity index (χ4n) is 5.09. The average Bonchev–Trinajstić information content (AvgIpc) is 2.99. The first kappa shape index (κ1) is 29.3. The number of halogens is 1. The minimum atomic E-state index is -0.848. The topological polar surface area (TPSA) is 94.2 Å². The third-order valence-electron chi connectivity index (χ3n) is 7.31. The van der Waals surface area contributed by atoms with Crippen LogP contribution in [0.15, 0.2) is 78.9 Å². The molecule has 1 amide bonds. The highest BCUT2D eigenvalue weighted by atomic mass is 19.1. The molecule has 1 aliphatic rings. The maximum absolute atomic E-state index is 14.1. The molecule has 1 N–H and O–H groups in total. The largest absolute Gasteiger partial charge is 0.496 e. The summed E-state index contributed by atoms with van der Waals surface area (Å²) in [5.41, 5.74) is 3.46. The molecule has 9 heteroatoms. The van der Waals surface area contributed by atoms with Gasteiger partial charge in [0.15, 0.2) is 0 Å². The first-order chi connectivity index (χ1) is 20.5. The number of benzene rings is 4. The predicted molar refractivity (Wildman–Crippen MR) is 161 cm³/mol. The van der Waals surface area contributed by atoms with Crippen LogP contribution in [0, 0.1) is 12.7 Å². The van der Waals surface area contributed by atoms with Crippen molar-refractivity contribution in [2.45, 2.75) is 32.9 Å². The van der Waals surface area contributed by atoms with Crippen LogP contribution in [-0.2, 0) is 16.1 Å². The Hall–Kier alpha value is -5.18. The number of likely N-dealkylation sites (N-methyl/N-ethyl adjacent to an activating group) is 1. The predicted octanol–water partition coefficient (Wildman–Crippen LogP) is 6.55. The highest BCUT2D eigenvalue weighted by molar-refractivity contribution is 6.09. The lowest BCUT2D eigenvalue weighted by Crippen LogP contribution is -2.52. The number of carbonyl (C=O) groups is 3. The number of amides is 1. The van der Waals surface area contributed by atoms with E-state index < -0.39 is 23.3 Å². The van der Waals surface area contributed by atoms with Crippen LogP contribution in [0.2, 0.25) is 0 Å². The molecule has 0 spiro atoms. The number of methoxy groups -OCH3 is 1. The maximum atomic E-state index is 14.1. The Kier molecular flexibility index (Phi) is 7.91. The Morgan fingerprint density at radius 1 is 0.930 bits per heavy atom. The van der Waals surface area contributed by atoms with Gasteiger partial charge in [-0.2, -0.15) is 0 Å².